The van der Waals surface area contributed by atoms with Gasteiger partial charge in [-0.3, -0.25) is 0 Å². The van der Waals surface area contributed by atoms with Crippen molar-refractivity contribution in [3.8, 4) is 22.4 Å². The van der Waals surface area contributed by atoms with E-state index in [0.29, 0.717) is 28.5 Å². The van der Waals surface area contributed by atoms with E-state index < -0.39 is 0 Å². The zero-order valence-corrected chi connectivity index (χ0v) is 23.5. The molecule has 6 nitrogen and oxygen atoms in total. The molecule has 0 spiro atoms. The molecule has 4 fully saturated rings. The first kappa shape index (κ1) is 25.6. The van der Waals surface area contributed by atoms with Crippen LogP contribution in [-0.2, 0) is 6.54 Å². The molecule has 2 aliphatic carbocycles. The molecule has 2 atom stereocenters. The van der Waals surface area contributed by atoms with Gasteiger partial charge in [-0.1, -0.05) is 76.9 Å². The van der Waals surface area contributed by atoms with Gasteiger partial charge in [-0.2, -0.15) is 0 Å². The summed E-state index contributed by atoms with van der Waals surface area (Å²) < 4.78 is 5.83. The summed E-state index contributed by atoms with van der Waals surface area (Å²) in [7, 11) is 0. The average Bonchev–Trinajstić information content (AvgIpc) is 3.72. The summed E-state index contributed by atoms with van der Waals surface area (Å²) >= 11 is 13.1. The van der Waals surface area contributed by atoms with Crippen LogP contribution in [0.2, 0.25) is 10.0 Å². The second-order valence-corrected chi connectivity index (χ2v) is 11.9. The number of nitrogens with one attached hydrogen (secondary N) is 2. The lowest BCUT2D eigenvalue weighted by molar-refractivity contribution is 0.000871. The fourth-order valence-electron chi connectivity index (χ4n) is 6.29. The van der Waals surface area contributed by atoms with E-state index in [9.17, 15) is 4.79 Å². The quantitative estimate of drug-likeness (QED) is 0.234. The molecule has 3 heterocycles. The molecule has 3 aromatic carbocycles. The Kier molecular flexibility index (Phi) is 6.78. The Balaban J connectivity index is 1.01. The molecule has 2 saturated carbocycles. The van der Waals surface area contributed by atoms with E-state index in [1.807, 2.05) is 59.5 Å². The van der Waals surface area contributed by atoms with Crippen LogP contribution < -0.4 is 10.6 Å². The van der Waals surface area contributed by atoms with Crippen LogP contribution >= 0.6 is 23.2 Å². The third-order valence-corrected chi connectivity index (χ3v) is 9.06. The first-order chi connectivity index (χ1) is 19.5. The lowest BCUT2D eigenvalue weighted by Gasteiger charge is -2.55. The molecule has 4 aliphatic rings. The van der Waals surface area contributed by atoms with Crippen molar-refractivity contribution in [1.29, 1.82) is 0 Å². The smallest absolute Gasteiger partial charge is 0.322 e. The van der Waals surface area contributed by atoms with Crippen LogP contribution in [0.25, 0.3) is 22.4 Å². The molecular weight excluding hydrogens is 543 g/mol. The molecule has 1 aromatic heterocycles. The van der Waals surface area contributed by atoms with Crippen LogP contribution in [0.4, 0.5) is 10.5 Å². The Morgan fingerprint density at radius 1 is 0.900 bits per heavy atom. The summed E-state index contributed by atoms with van der Waals surface area (Å²) in [5.41, 5.74) is 5.53. The summed E-state index contributed by atoms with van der Waals surface area (Å²) in [6.07, 6.45) is 5.12. The van der Waals surface area contributed by atoms with Gasteiger partial charge in [0.05, 0.1) is 10.0 Å². The highest BCUT2D eigenvalue weighted by molar-refractivity contribution is 6.39. The number of rotatable bonds is 7. The zero-order chi connectivity index (χ0) is 27.2. The van der Waals surface area contributed by atoms with Crippen molar-refractivity contribution in [1.82, 2.24) is 15.4 Å². The lowest BCUT2D eigenvalue weighted by Crippen LogP contribution is -2.66. The summed E-state index contributed by atoms with van der Waals surface area (Å²) in [5.74, 6) is 1.36. The van der Waals surface area contributed by atoms with Gasteiger partial charge in [0.1, 0.15) is 11.5 Å². The number of benzene rings is 3. The van der Waals surface area contributed by atoms with Crippen LogP contribution in [0.5, 0.6) is 0 Å². The maximum absolute atomic E-state index is 13.2. The molecule has 2 N–H and O–H groups in total. The lowest BCUT2D eigenvalue weighted by atomic mass is 9.77. The number of fused-ring (bicyclic) bond motifs is 2. The number of hydrogen-bond donors (Lipinski definition) is 2. The van der Waals surface area contributed by atoms with E-state index in [2.05, 4.69) is 34.0 Å². The Bertz CT molecular complexity index is 1520. The predicted octanol–water partition coefficient (Wildman–Crippen LogP) is 8.12. The van der Waals surface area contributed by atoms with Crippen LogP contribution in [0, 0.1) is 0 Å². The van der Waals surface area contributed by atoms with Crippen LogP contribution in [0.3, 0.4) is 0 Å². The summed E-state index contributed by atoms with van der Waals surface area (Å²) in [5, 5.41) is 12.4. The number of piperidine rings is 1. The molecule has 2 amide bonds. The van der Waals surface area contributed by atoms with Crippen molar-refractivity contribution < 1.29 is 9.32 Å². The molecule has 2 aliphatic heterocycles. The number of carbonyl (C=O) groups is 1. The highest BCUT2D eigenvalue weighted by Gasteiger charge is 2.48. The number of aromatic nitrogens is 1. The summed E-state index contributed by atoms with van der Waals surface area (Å²) in [6, 6.07) is 24.5. The fraction of sp³-hybridized carbons (Fsp3) is 0.312. The monoisotopic (exact) mass is 572 g/mol. The topological polar surface area (TPSA) is 70.4 Å². The van der Waals surface area contributed by atoms with Crippen molar-refractivity contribution in [2.75, 3.05) is 5.32 Å². The number of anilines is 1. The van der Waals surface area contributed by atoms with Crippen LogP contribution in [0.15, 0.2) is 77.3 Å². The van der Waals surface area contributed by atoms with Gasteiger partial charge in [0.25, 0.3) is 0 Å². The molecule has 2 bridgehead atoms. The van der Waals surface area contributed by atoms with Crippen molar-refractivity contribution >= 4 is 34.9 Å². The minimum atomic E-state index is -0.0180. The highest BCUT2D eigenvalue weighted by Crippen LogP contribution is 2.46. The average molecular weight is 574 g/mol. The molecule has 2 unspecified atom stereocenters. The predicted molar refractivity (Wildman–Crippen MR) is 159 cm³/mol. The number of hydrogen-bond acceptors (Lipinski definition) is 4. The first-order valence-corrected chi connectivity index (χ1v) is 14.7. The van der Waals surface area contributed by atoms with Gasteiger partial charge in [-0.25, -0.2) is 4.79 Å². The van der Waals surface area contributed by atoms with E-state index >= 15 is 0 Å². The van der Waals surface area contributed by atoms with Crippen molar-refractivity contribution in [2.24, 2.45) is 0 Å². The molecule has 2 saturated heterocycles. The van der Waals surface area contributed by atoms with E-state index in [1.165, 1.54) is 0 Å². The third-order valence-electron chi connectivity index (χ3n) is 8.43. The molecule has 8 rings (SSSR count). The van der Waals surface area contributed by atoms with Gasteiger partial charge >= 0.3 is 6.03 Å². The molecule has 204 valence electrons. The first-order valence-electron chi connectivity index (χ1n) is 14.0. The standard InChI is InChI=1S/C32H30Cl2N4O2/c33-27-10-5-11-28(34)29(27)30-26(31(40-37-30)20-12-13-20)18-35-23-15-24-17-25(16-23)38(24)32(39)36-22-9-4-8-21(14-22)19-6-2-1-3-7-19/h1-11,14,20,23-25,35H,12-13,15-18H2,(H,36,39). The largest absolute Gasteiger partial charge is 0.360 e. The van der Waals surface area contributed by atoms with Gasteiger partial charge in [0, 0.05) is 47.4 Å². The van der Waals surface area contributed by atoms with Gasteiger partial charge in [0.15, 0.2) is 0 Å². The van der Waals surface area contributed by atoms with Crippen LogP contribution in [-0.4, -0.2) is 34.2 Å². The Hall–Kier alpha value is -3.32. The van der Waals surface area contributed by atoms with Gasteiger partial charge < -0.3 is 20.1 Å². The number of nitrogens with zero attached hydrogens (tertiary/aromatic N) is 2. The minimum absolute atomic E-state index is 0.0180. The number of urea groups is 1. The number of amides is 2. The maximum Gasteiger partial charge on any atom is 0.322 e. The zero-order valence-electron chi connectivity index (χ0n) is 21.9. The van der Waals surface area contributed by atoms with E-state index in [1.54, 1.807) is 0 Å². The summed E-state index contributed by atoms with van der Waals surface area (Å²) in [6.45, 7) is 0.634. The van der Waals surface area contributed by atoms with Gasteiger partial charge in [-0.15, -0.1) is 0 Å². The van der Waals surface area contributed by atoms with Crippen molar-refractivity contribution in [3.63, 3.8) is 0 Å². The number of carbonyl (C=O) groups excluding carboxylic acids is 1. The number of halogens is 2. The van der Waals surface area contributed by atoms with E-state index in [0.717, 1.165) is 71.5 Å². The Morgan fingerprint density at radius 3 is 2.33 bits per heavy atom. The highest BCUT2D eigenvalue weighted by atomic mass is 35.5. The van der Waals surface area contributed by atoms with Gasteiger partial charge in [0.2, 0.25) is 0 Å². The Labute approximate surface area is 243 Å². The van der Waals surface area contributed by atoms with Crippen LogP contribution in [0.1, 0.15) is 49.3 Å². The van der Waals surface area contributed by atoms with E-state index in [-0.39, 0.29) is 18.1 Å². The van der Waals surface area contributed by atoms with Gasteiger partial charge in [-0.05, 0) is 67.5 Å². The van der Waals surface area contributed by atoms with E-state index in [4.69, 9.17) is 27.7 Å². The fourth-order valence-corrected chi connectivity index (χ4v) is 6.87. The molecule has 4 aromatic rings. The molecule has 0 radical (unpaired) electrons. The maximum atomic E-state index is 13.2. The second-order valence-electron chi connectivity index (χ2n) is 11.1. The third kappa shape index (κ3) is 4.89. The minimum Gasteiger partial charge on any atom is -0.360 e. The second kappa shape index (κ2) is 10.6. The molecule has 40 heavy (non-hydrogen) atoms. The Morgan fingerprint density at radius 2 is 1.60 bits per heavy atom. The van der Waals surface area contributed by atoms with Crippen molar-refractivity contribution in [2.45, 2.75) is 62.7 Å². The summed E-state index contributed by atoms with van der Waals surface area (Å²) in [4.78, 5) is 15.3. The van der Waals surface area contributed by atoms with Crippen molar-refractivity contribution in [3.05, 3.63) is 94.2 Å². The SMILES string of the molecule is O=C(Nc1cccc(-c2ccccc2)c1)N1C2CC(NCc3c(-c4c(Cl)cccc4Cl)noc3C3CC3)CC1C2. The molecular formula is C32H30Cl2N4O2. The normalized spacial score (nSPS) is 21.6. The molecule has 8 heteroatoms.